The summed E-state index contributed by atoms with van der Waals surface area (Å²) in [5.74, 6) is -1.07. The lowest BCUT2D eigenvalue weighted by molar-refractivity contribution is -0.140. The van der Waals surface area contributed by atoms with Crippen molar-refractivity contribution in [3.05, 3.63) is 29.6 Å². The highest BCUT2D eigenvalue weighted by molar-refractivity contribution is 5.97. The summed E-state index contributed by atoms with van der Waals surface area (Å²) in [6, 6.07) is 2.33. The number of carboxylic acid groups (broad SMARTS) is 1. The van der Waals surface area contributed by atoms with E-state index in [1.165, 1.54) is 13.5 Å². The minimum atomic E-state index is -1.05. The quantitative estimate of drug-likeness (QED) is 0.508. The number of pyridine rings is 1. The minimum Gasteiger partial charge on any atom is -0.480 e. The average Bonchev–Trinajstić information content (AvgIpc) is 3.18. The normalized spacial score (nSPS) is 16.3. The van der Waals surface area contributed by atoms with Crippen molar-refractivity contribution in [3.63, 3.8) is 0 Å². The monoisotopic (exact) mass is 444 g/mol. The summed E-state index contributed by atoms with van der Waals surface area (Å²) < 4.78 is 6.58. The van der Waals surface area contributed by atoms with Crippen molar-refractivity contribution >= 4 is 29.3 Å². The molecule has 0 aliphatic heterocycles. The van der Waals surface area contributed by atoms with Crippen LogP contribution in [-0.4, -0.2) is 52.0 Å². The van der Waals surface area contributed by atoms with Crippen molar-refractivity contribution in [1.82, 2.24) is 14.7 Å². The number of aliphatic carboxylic acids is 1. The van der Waals surface area contributed by atoms with Crippen LogP contribution >= 0.6 is 0 Å². The predicted molar refractivity (Wildman–Crippen MR) is 120 cm³/mol. The Labute approximate surface area is 187 Å². The number of ether oxygens (including phenoxy) is 1. The Balaban J connectivity index is 1.92. The van der Waals surface area contributed by atoms with Crippen molar-refractivity contribution in [3.8, 4) is 0 Å². The molecule has 1 aliphatic carbocycles. The molecule has 174 valence electrons. The number of nitrogens with one attached hydrogen (secondary N) is 2. The van der Waals surface area contributed by atoms with Crippen LogP contribution in [0.4, 0.5) is 5.82 Å². The zero-order chi connectivity index (χ0) is 23.3. The fourth-order valence-corrected chi connectivity index (χ4v) is 4.18. The van der Waals surface area contributed by atoms with Gasteiger partial charge in [-0.05, 0) is 30.9 Å². The number of imidazole rings is 1. The second kappa shape index (κ2) is 10.5. The maximum absolute atomic E-state index is 12.8. The fourth-order valence-electron chi connectivity index (χ4n) is 4.18. The number of nitrogens with zero attached hydrogens (tertiary/aromatic N) is 2. The van der Waals surface area contributed by atoms with Crippen LogP contribution in [0, 0.1) is 5.92 Å². The van der Waals surface area contributed by atoms with Crippen molar-refractivity contribution in [2.24, 2.45) is 5.92 Å². The molecular weight excluding hydrogens is 412 g/mol. The molecule has 0 bridgehead atoms. The van der Waals surface area contributed by atoms with Gasteiger partial charge < -0.3 is 20.5 Å². The van der Waals surface area contributed by atoms with Gasteiger partial charge in [0.1, 0.15) is 24.1 Å². The number of esters is 1. The maximum atomic E-state index is 12.8. The van der Waals surface area contributed by atoms with Crippen LogP contribution in [-0.2, 0) is 14.3 Å². The number of hydrogen-bond acceptors (Lipinski definition) is 6. The summed E-state index contributed by atoms with van der Waals surface area (Å²) >= 11 is 0. The second-order valence-electron chi connectivity index (χ2n) is 8.43. The van der Waals surface area contributed by atoms with Crippen LogP contribution < -0.4 is 10.6 Å². The van der Waals surface area contributed by atoms with Crippen LogP contribution in [0.1, 0.15) is 74.3 Å². The second-order valence-corrected chi connectivity index (χ2v) is 8.43. The molecule has 0 spiro atoms. The number of carbonyl (C=O) groups excluding carboxylic acids is 2. The van der Waals surface area contributed by atoms with Crippen LogP contribution in [0.5, 0.6) is 0 Å². The van der Waals surface area contributed by atoms with Gasteiger partial charge in [0.25, 0.3) is 5.91 Å². The third-order valence-corrected chi connectivity index (χ3v) is 6.30. The molecule has 0 saturated heterocycles. The van der Waals surface area contributed by atoms with E-state index in [4.69, 9.17) is 9.72 Å². The number of carbonyl (C=O) groups is 3. The lowest BCUT2D eigenvalue weighted by Crippen LogP contribution is -2.45. The Morgan fingerprint density at radius 2 is 2.00 bits per heavy atom. The zero-order valence-electron chi connectivity index (χ0n) is 18.9. The molecule has 1 aliphatic rings. The molecule has 2 aromatic heterocycles. The van der Waals surface area contributed by atoms with Gasteiger partial charge in [0, 0.05) is 17.7 Å². The Morgan fingerprint density at radius 1 is 1.28 bits per heavy atom. The van der Waals surface area contributed by atoms with Crippen LogP contribution in [0.25, 0.3) is 5.65 Å². The van der Waals surface area contributed by atoms with Crippen molar-refractivity contribution in [2.45, 2.75) is 64.3 Å². The average molecular weight is 445 g/mol. The molecule has 1 saturated carbocycles. The summed E-state index contributed by atoms with van der Waals surface area (Å²) in [6.07, 6.45) is 7.89. The highest BCUT2D eigenvalue weighted by Crippen LogP contribution is 2.36. The number of carboxylic acids is 1. The van der Waals surface area contributed by atoms with E-state index in [1.54, 1.807) is 25.3 Å². The summed E-state index contributed by atoms with van der Waals surface area (Å²) in [5, 5.41) is 15.3. The van der Waals surface area contributed by atoms with Gasteiger partial charge in [-0.15, -0.1) is 0 Å². The van der Waals surface area contributed by atoms with Crippen molar-refractivity contribution in [2.75, 3.05) is 19.0 Å². The first-order valence-electron chi connectivity index (χ1n) is 11.2. The first-order chi connectivity index (χ1) is 15.3. The third-order valence-electron chi connectivity index (χ3n) is 6.30. The molecule has 2 unspecified atom stereocenters. The summed E-state index contributed by atoms with van der Waals surface area (Å²) in [5.41, 5.74) is 1.79. The number of methoxy groups -OCH3 is 1. The van der Waals surface area contributed by atoms with E-state index in [2.05, 4.69) is 10.6 Å². The van der Waals surface area contributed by atoms with Gasteiger partial charge in [-0.2, -0.15) is 0 Å². The molecule has 9 nitrogen and oxygen atoms in total. The Morgan fingerprint density at radius 3 is 2.62 bits per heavy atom. The molecule has 2 atom stereocenters. The molecule has 9 heteroatoms. The smallest absolute Gasteiger partial charge is 0.326 e. The molecule has 32 heavy (non-hydrogen) atoms. The summed E-state index contributed by atoms with van der Waals surface area (Å²) in [7, 11) is 1.34. The largest absolute Gasteiger partial charge is 0.480 e. The highest BCUT2D eigenvalue weighted by Gasteiger charge is 2.27. The molecular formula is C23H32N4O5. The van der Waals surface area contributed by atoms with Crippen LogP contribution in [0.2, 0.25) is 0 Å². The van der Waals surface area contributed by atoms with E-state index in [1.807, 2.05) is 11.3 Å². The molecule has 2 heterocycles. The Kier molecular flexibility index (Phi) is 7.71. The van der Waals surface area contributed by atoms with E-state index < -0.39 is 17.9 Å². The van der Waals surface area contributed by atoms with Crippen molar-refractivity contribution in [1.29, 1.82) is 0 Å². The summed E-state index contributed by atoms with van der Waals surface area (Å²) in [4.78, 5) is 40.9. The SMILES string of the molecule is CCC(C)C(NC(=O)c1ccn2c(NCC(=O)OC)c(C3CCCCC3)nc2c1)C(=O)O. The topological polar surface area (TPSA) is 122 Å². The van der Waals surface area contributed by atoms with E-state index in [0.717, 1.165) is 37.2 Å². The van der Waals surface area contributed by atoms with Gasteiger partial charge in [0.2, 0.25) is 0 Å². The maximum Gasteiger partial charge on any atom is 0.326 e. The first kappa shape index (κ1) is 23.6. The number of fused-ring (bicyclic) bond motifs is 1. The number of amides is 1. The minimum absolute atomic E-state index is 0.0153. The lowest BCUT2D eigenvalue weighted by Gasteiger charge is -2.21. The van der Waals surface area contributed by atoms with Gasteiger partial charge in [-0.3, -0.25) is 14.0 Å². The van der Waals surface area contributed by atoms with Crippen LogP contribution in [0.15, 0.2) is 18.3 Å². The molecule has 1 fully saturated rings. The van der Waals surface area contributed by atoms with E-state index in [9.17, 15) is 19.5 Å². The Bertz CT molecular complexity index is 980. The van der Waals surface area contributed by atoms with Gasteiger partial charge in [-0.1, -0.05) is 39.5 Å². The van der Waals surface area contributed by atoms with Gasteiger partial charge in [0.15, 0.2) is 0 Å². The summed E-state index contributed by atoms with van der Waals surface area (Å²) in [6.45, 7) is 3.70. The number of anilines is 1. The van der Waals surface area contributed by atoms with Crippen LogP contribution in [0.3, 0.4) is 0 Å². The lowest BCUT2D eigenvalue weighted by atomic mass is 9.87. The molecule has 3 rings (SSSR count). The molecule has 0 radical (unpaired) electrons. The molecule has 2 aromatic rings. The van der Waals surface area contributed by atoms with Gasteiger partial charge in [-0.25, -0.2) is 9.78 Å². The van der Waals surface area contributed by atoms with Crippen molar-refractivity contribution < 1.29 is 24.2 Å². The number of aromatic nitrogens is 2. The Hall–Kier alpha value is -3.10. The van der Waals surface area contributed by atoms with E-state index in [-0.39, 0.29) is 24.3 Å². The third kappa shape index (κ3) is 5.20. The predicted octanol–water partition coefficient (Wildman–Crippen LogP) is 3.20. The zero-order valence-corrected chi connectivity index (χ0v) is 18.9. The van der Waals surface area contributed by atoms with E-state index in [0.29, 0.717) is 17.6 Å². The van der Waals surface area contributed by atoms with E-state index >= 15 is 0 Å². The van der Waals surface area contributed by atoms with Gasteiger partial charge in [0.05, 0.1) is 12.8 Å². The first-order valence-corrected chi connectivity index (χ1v) is 11.2. The fraction of sp³-hybridized carbons (Fsp3) is 0.565. The molecule has 1 amide bonds. The van der Waals surface area contributed by atoms with Gasteiger partial charge >= 0.3 is 11.9 Å². The highest BCUT2D eigenvalue weighted by atomic mass is 16.5. The standard InChI is InChI=1S/C23H32N4O5/c1-4-14(2)19(23(30)31)26-22(29)16-10-11-27-17(12-16)25-20(15-8-6-5-7-9-15)21(27)24-13-18(28)32-3/h10-12,14-15,19,24H,4-9,13H2,1-3H3,(H,26,29)(H,30,31). The molecule has 3 N–H and O–H groups in total. The molecule has 0 aromatic carbocycles. The number of hydrogen-bond donors (Lipinski definition) is 3. The number of rotatable bonds is 9.